The number of oxazole rings is 1. The summed E-state index contributed by atoms with van der Waals surface area (Å²) in [5.74, 6) is -0.215. The van der Waals surface area contributed by atoms with Crippen LogP contribution in [-0.2, 0) is 0 Å². The number of amides is 1. The molecule has 2 N–H and O–H groups in total. The Balaban J connectivity index is 1.67. The van der Waals surface area contributed by atoms with Crippen LogP contribution in [0.4, 0.5) is 0 Å². The maximum absolute atomic E-state index is 11.7. The minimum absolute atomic E-state index is 0.0460. The molecule has 112 valence electrons. The van der Waals surface area contributed by atoms with E-state index in [0.717, 1.165) is 19.5 Å². The Labute approximate surface area is 118 Å². The van der Waals surface area contributed by atoms with E-state index in [1.54, 1.807) is 0 Å². The maximum Gasteiger partial charge on any atom is 0.416 e. The number of hydrogen-bond donors (Lipinski definition) is 2. The Morgan fingerprint density at radius 3 is 2.75 bits per heavy atom. The number of hydrogen-bond acceptors (Lipinski definition) is 4. The highest BCUT2D eigenvalue weighted by atomic mass is 16.4. The van der Waals surface area contributed by atoms with Gasteiger partial charge in [0, 0.05) is 12.6 Å². The van der Waals surface area contributed by atoms with Gasteiger partial charge in [-0.1, -0.05) is 0 Å². The average Bonchev–Trinajstić information content (AvgIpc) is 2.86. The molecule has 0 aromatic carbocycles. The minimum Gasteiger partial charge on any atom is -0.403 e. The predicted molar refractivity (Wildman–Crippen MR) is 75.7 cm³/mol. The Morgan fingerprint density at radius 2 is 2.20 bits per heavy atom. The van der Waals surface area contributed by atoms with Gasteiger partial charge in [-0.15, -0.1) is 0 Å². The van der Waals surface area contributed by atoms with Crippen LogP contribution in [0.5, 0.6) is 0 Å². The van der Waals surface area contributed by atoms with Crippen LogP contribution in [0.1, 0.15) is 43.7 Å². The fourth-order valence-electron chi connectivity index (χ4n) is 2.63. The van der Waals surface area contributed by atoms with Crippen LogP contribution in [0.15, 0.2) is 15.4 Å². The summed E-state index contributed by atoms with van der Waals surface area (Å²) in [6, 6.07) is 0.618. The summed E-state index contributed by atoms with van der Waals surface area (Å²) in [7, 11) is 0. The molecule has 1 aliphatic rings. The molecule has 20 heavy (non-hydrogen) atoms. The monoisotopic (exact) mass is 281 g/mol. The van der Waals surface area contributed by atoms with Crippen LogP contribution >= 0.6 is 0 Å². The molecule has 6 nitrogen and oxygen atoms in total. The van der Waals surface area contributed by atoms with Gasteiger partial charge in [0.05, 0.1) is 6.20 Å². The summed E-state index contributed by atoms with van der Waals surface area (Å²) < 4.78 is 4.70. The standard InChI is InChI=1S/C14H23N3O3/c1-10(2)17-7-4-11(5-8-17)3-6-15-13(18)12-9-16-14(19)20-12/h9-11H,3-8H2,1-2H3,(H,15,18)(H,16,19). The number of nitrogens with zero attached hydrogens (tertiary/aromatic N) is 1. The highest BCUT2D eigenvalue weighted by Gasteiger charge is 2.20. The van der Waals surface area contributed by atoms with E-state index in [2.05, 4.69) is 29.0 Å². The summed E-state index contributed by atoms with van der Waals surface area (Å²) in [6.45, 7) is 7.36. The molecule has 1 aromatic rings. The SMILES string of the molecule is CC(C)N1CCC(CCNC(=O)c2c[nH]c(=O)o2)CC1. The Bertz CT molecular complexity index is 484. The number of rotatable bonds is 5. The molecule has 2 heterocycles. The molecule has 1 aliphatic heterocycles. The second-order valence-corrected chi connectivity index (χ2v) is 5.66. The van der Waals surface area contributed by atoms with Gasteiger partial charge in [-0.3, -0.25) is 9.78 Å². The normalized spacial score (nSPS) is 17.6. The lowest BCUT2D eigenvalue weighted by molar-refractivity contribution is 0.0917. The van der Waals surface area contributed by atoms with Gasteiger partial charge in [0.2, 0.25) is 5.76 Å². The molecule has 2 rings (SSSR count). The molecule has 6 heteroatoms. The molecule has 0 bridgehead atoms. The highest BCUT2D eigenvalue weighted by Crippen LogP contribution is 2.21. The first-order valence-electron chi connectivity index (χ1n) is 7.27. The van der Waals surface area contributed by atoms with Crippen LogP contribution in [0.2, 0.25) is 0 Å². The third-order valence-electron chi connectivity index (χ3n) is 3.97. The van der Waals surface area contributed by atoms with Gasteiger partial charge in [0.1, 0.15) is 0 Å². The number of carbonyl (C=O) groups excluding carboxylic acids is 1. The summed E-state index contributed by atoms with van der Waals surface area (Å²) in [4.78, 5) is 27.3. The van der Waals surface area contributed by atoms with Crippen molar-refractivity contribution in [1.82, 2.24) is 15.2 Å². The zero-order valence-electron chi connectivity index (χ0n) is 12.1. The molecular weight excluding hydrogens is 258 g/mol. The first-order chi connectivity index (χ1) is 9.56. The molecule has 0 atom stereocenters. The Morgan fingerprint density at radius 1 is 1.50 bits per heavy atom. The lowest BCUT2D eigenvalue weighted by Gasteiger charge is -2.34. The summed E-state index contributed by atoms with van der Waals surface area (Å²) in [5.41, 5.74) is 0. The van der Waals surface area contributed by atoms with Crippen LogP contribution in [-0.4, -0.2) is 41.5 Å². The summed E-state index contributed by atoms with van der Waals surface area (Å²) in [6.07, 6.45) is 4.64. The van der Waals surface area contributed by atoms with Crippen LogP contribution in [0.25, 0.3) is 0 Å². The topological polar surface area (TPSA) is 78.3 Å². The van der Waals surface area contributed by atoms with Crippen molar-refractivity contribution in [3.05, 3.63) is 22.5 Å². The predicted octanol–water partition coefficient (Wildman–Crippen LogP) is 1.21. The maximum atomic E-state index is 11.7. The van der Waals surface area contributed by atoms with Gasteiger partial charge in [0.25, 0.3) is 5.91 Å². The van der Waals surface area contributed by atoms with E-state index in [0.29, 0.717) is 18.5 Å². The van der Waals surface area contributed by atoms with Gasteiger partial charge in [-0.2, -0.15) is 0 Å². The third-order valence-corrected chi connectivity index (χ3v) is 3.97. The van der Waals surface area contributed by atoms with Crippen molar-refractivity contribution in [1.29, 1.82) is 0 Å². The molecular formula is C14H23N3O3. The largest absolute Gasteiger partial charge is 0.416 e. The van der Waals surface area contributed by atoms with E-state index >= 15 is 0 Å². The number of likely N-dealkylation sites (tertiary alicyclic amines) is 1. The van der Waals surface area contributed by atoms with Crippen molar-refractivity contribution in [2.45, 2.75) is 39.2 Å². The molecule has 0 radical (unpaired) electrons. The zero-order chi connectivity index (χ0) is 14.5. The molecule has 1 fully saturated rings. The molecule has 1 saturated heterocycles. The number of carbonyl (C=O) groups is 1. The quantitative estimate of drug-likeness (QED) is 0.850. The van der Waals surface area contributed by atoms with Crippen molar-refractivity contribution >= 4 is 5.91 Å². The van der Waals surface area contributed by atoms with E-state index in [4.69, 9.17) is 4.42 Å². The highest BCUT2D eigenvalue weighted by molar-refractivity contribution is 5.90. The van der Waals surface area contributed by atoms with Crippen molar-refractivity contribution in [2.75, 3.05) is 19.6 Å². The number of aromatic nitrogens is 1. The summed E-state index contributed by atoms with van der Waals surface area (Å²) >= 11 is 0. The minimum atomic E-state index is -0.601. The van der Waals surface area contributed by atoms with Gasteiger partial charge < -0.3 is 14.6 Å². The van der Waals surface area contributed by atoms with Gasteiger partial charge in [-0.05, 0) is 52.1 Å². The van der Waals surface area contributed by atoms with E-state index in [1.807, 2.05) is 0 Å². The second kappa shape index (κ2) is 6.74. The van der Waals surface area contributed by atoms with Crippen molar-refractivity contribution < 1.29 is 9.21 Å². The van der Waals surface area contributed by atoms with Gasteiger partial charge >= 0.3 is 5.76 Å². The van der Waals surface area contributed by atoms with E-state index in [9.17, 15) is 9.59 Å². The fraction of sp³-hybridized carbons (Fsp3) is 0.714. The lowest BCUT2D eigenvalue weighted by Crippen LogP contribution is -2.39. The van der Waals surface area contributed by atoms with Crippen LogP contribution in [0, 0.1) is 5.92 Å². The van der Waals surface area contributed by atoms with Crippen LogP contribution in [0.3, 0.4) is 0 Å². The number of piperidine rings is 1. The first-order valence-corrected chi connectivity index (χ1v) is 7.27. The Kier molecular flexibility index (Phi) is 5.00. The molecule has 1 aromatic heterocycles. The summed E-state index contributed by atoms with van der Waals surface area (Å²) in [5, 5.41) is 2.79. The smallest absolute Gasteiger partial charge is 0.403 e. The average molecular weight is 281 g/mol. The van der Waals surface area contributed by atoms with E-state index < -0.39 is 5.76 Å². The molecule has 0 spiro atoms. The number of H-pyrrole nitrogens is 1. The van der Waals surface area contributed by atoms with Gasteiger partial charge in [-0.25, -0.2) is 4.79 Å². The molecule has 0 aliphatic carbocycles. The third kappa shape index (κ3) is 3.96. The number of aromatic amines is 1. The van der Waals surface area contributed by atoms with Crippen molar-refractivity contribution in [3.8, 4) is 0 Å². The molecule has 0 saturated carbocycles. The lowest BCUT2D eigenvalue weighted by atomic mass is 9.93. The van der Waals surface area contributed by atoms with E-state index in [-0.39, 0.29) is 11.7 Å². The number of nitrogens with one attached hydrogen (secondary N) is 2. The zero-order valence-corrected chi connectivity index (χ0v) is 12.1. The van der Waals surface area contributed by atoms with Gasteiger partial charge in [0.15, 0.2) is 0 Å². The van der Waals surface area contributed by atoms with E-state index in [1.165, 1.54) is 19.0 Å². The second-order valence-electron chi connectivity index (χ2n) is 5.66. The van der Waals surface area contributed by atoms with Crippen molar-refractivity contribution in [2.24, 2.45) is 5.92 Å². The first kappa shape index (κ1) is 14.8. The Hall–Kier alpha value is -1.56. The van der Waals surface area contributed by atoms with Crippen LogP contribution < -0.4 is 11.1 Å². The molecule has 1 amide bonds. The fourth-order valence-corrected chi connectivity index (χ4v) is 2.63. The van der Waals surface area contributed by atoms with Crippen molar-refractivity contribution in [3.63, 3.8) is 0 Å². The molecule has 0 unspecified atom stereocenters.